The smallest absolute Gasteiger partial charge is 0.161 e. The first-order chi connectivity index (χ1) is 11.8. The van der Waals surface area contributed by atoms with E-state index >= 15 is 0 Å². The number of pyridine rings is 1. The highest BCUT2D eigenvalue weighted by Gasteiger charge is 2.14. The fourth-order valence-electron chi connectivity index (χ4n) is 3.39. The van der Waals surface area contributed by atoms with E-state index in [1.165, 1.54) is 32.4 Å². The average molecular weight is 322 g/mol. The monoisotopic (exact) mass is 322 g/mol. The molecule has 0 radical (unpaired) electrons. The molecule has 124 valence electrons. The van der Waals surface area contributed by atoms with Crippen LogP contribution in [0.5, 0.6) is 0 Å². The zero-order chi connectivity index (χ0) is 16.4. The molecule has 0 atom stereocenters. The van der Waals surface area contributed by atoms with Crippen LogP contribution in [0.2, 0.25) is 0 Å². The zero-order valence-corrected chi connectivity index (χ0v) is 14.0. The number of rotatable bonds is 4. The Morgan fingerprint density at radius 1 is 1.00 bits per heavy atom. The molecule has 1 aliphatic rings. The number of fused-ring (bicyclic) bond motifs is 1. The van der Waals surface area contributed by atoms with E-state index in [9.17, 15) is 0 Å². The van der Waals surface area contributed by atoms with E-state index in [-0.39, 0.29) is 0 Å². The van der Waals surface area contributed by atoms with Crippen LogP contribution in [0, 0.1) is 6.92 Å². The molecule has 4 rings (SSSR count). The van der Waals surface area contributed by atoms with Crippen LogP contribution in [0.1, 0.15) is 24.8 Å². The molecular formula is C18H22N6. The fraction of sp³-hybridized carbons (Fsp3) is 0.444. The molecule has 1 saturated heterocycles. The van der Waals surface area contributed by atoms with Gasteiger partial charge in [0, 0.05) is 24.5 Å². The van der Waals surface area contributed by atoms with E-state index in [1.54, 1.807) is 6.33 Å². The molecule has 3 aromatic rings. The van der Waals surface area contributed by atoms with Gasteiger partial charge in [0.2, 0.25) is 0 Å². The van der Waals surface area contributed by atoms with Crippen molar-refractivity contribution in [3.8, 4) is 11.3 Å². The quantitative estimate of drug-likeness (QED) is 0.739. The van der Waals surface area contributed by atoms with Gasteiger partial charge in [-0.2, -0.15) is 5.10 Å². The Bertz CT molecular complexity index is 834. The minimum absolute atomic E-state index is 0.867. The maximum atomic E-state index is 4.56. The Balaban J connectivity index is 1.61. The Kier molecular flexibility index (Phi) is 4.21. The van der Waals surface area contributed by atoms with Crippen molar-refractivity contribution in [3.63, 3.8) is 0 Å². The molecule has 0 aliphatic carbocycles. The minimum atomic E-state index is 0.867. The van der Waals surface area contributed by atoms with Gasteiger partial charge in [0.1, 0.15) is 6.33 Å². The van der Waals surface area contributed by atoms with Crippen molar-refractivity contribution >= 4 is 11.0 Å². The van der Waals surface area contributed by atoms with Crippen LogP contribution >= 0.6 is 0 Å². The van der Waals surface area contributed by atoms with Gasteiger partial charge in [-0.1, -0.05) is 6.42 Å². The Hall–Kier alpha value is -2.34. The summed E-state index contributed by atoms with van der Waals surface area (Å²) in [6.07, 6.45) is 11.2. The van der Waals surface area contributed by atoms with Crippen LogP contribution in [-0.2, 0) is 6.54 Å². The van der Waals surface area contributed by atoms with Crippen molar-refractivity contribution in [2.24, 2.45) is 0 Å². The Morgan fingerprint density at radius 2 is 1.88 bits per heavy atom. The predicted octanol–water partition coefficient (Wildman–Crippen LogP) is 2.68. The molecule has 0 N–H and O–H groups in total. The summed E-state index contributed by atoms with van der Waals surface area (Å²) < 4.78 is 2.00. The van der Waals surface area contributed by atoms with E-state index in [4.69, 9.17) is 0 Å². The summed E-state index contributed by atoms with van der Waals surface area (Å²) >= 11 is 0. The summed E-state index contributed by atoms with van der Waals surface area (Å²) in [5, 5.41) is 5.54. The summed E-state index contributed by atoms with van der Waals surface area (Å²) in [6.45, 7) is 6.34. The lowest BCUT2D eigenvalue weighted by atomic mass is 10.1. The van der Waals surface area contributed by atoms with E-state index in [2.05, 4.69) is 31.0 Å². The number of aryl methyl sites for hydroxylation is 1. The lowest BCUT2D eigenvalue weighted by Gasteiger charge is -2.26. The lowest BCUT2D eigenvalue weighted by Crippen LogP contribution is -2.32. The molecule has 0 amide bonds. The van der Waals surface area contributed by atoms with Gasteiger partial charge in [-0.25, -0.2) is 14.6 Å². The third-order valence-corrected chi connectivity index (χ3v) is 4.66. The number of piperidine rings is 1. The van der Waals surface area contributed by atoms with Crippen molar-refractivity contribution in [3.05, 3.63) is 36.5 Å². The van der Waals surface area contributed by atoms with Gasteiger partial charge in [-0.3, -0.25) is 4.98 Å². The standard InChI is InChI=1S/C18H22N6/c1-14-9-15(11-19-10-14)17-16-12-22-24(18(16)21-13-20-17)8-7-23-5-3-2-4-6-23/h9-13H,2-8H2,1H3. The van der Waals surface area contributed by atoms with Crippen molar-refractivity contribution in [2.45, 2.75) is 32.7 Å². The van der Waals surface area contributed by atoms with Gasteiger partial charge in [0.15, 0.2) is 5.65 Å². The first kappa shape index (κ1) is 15.2. The maximum absolute atomic E-state index is 4.56. The molecule has 0 aromatic carbocycles. The second-order valence-corrected chi connectivity index (χ2v) is 6.48. The van der Waals surface area contributed by atoms with Gasteiger partial charge in [0.25, 0.3) is 0 Å². The zero-order valence-electron chi connectivity index (χ0n) is 14.0. The summed E-state index contributed by atoms with van der Waals surface area (Å²) in [5.41, 5.74) is 3.94. The third-order valence-electron chi connectivity index (χ3n) is 4.66. The van der Waals surface area contributed by atoms with Crippen LogP contribution in [0.3, 0.4) is 0 Å². The summed E-state index contributed by atoms with van der Waals surface area (Å²) in [5.74, 6) is 0. The number of hydrogen-bond acceptors (Lipinski definition) is 5. The molecule has 1 fully saturated rings. The number of hydrogen-bond donors (Lipinski definition) is 0. The normalized spacial score (nSPS) is 15.9. The maximum Gasteiger partial charge on any atom is 0.161 e. The molecule has 0 saturated carbocycles. The van der Waals surface area contributed by atoms with Crippen molar-refractivity contribution in [2.75, 3.05) is 19.6 Å². The Labute approximate surface area is 141 Å². The number of nitrogens with zero attached hydrogens (tertiary/aromatic N) is 6. The van der Waals surface area contributed by atoms with Crippen LogP contribution in [0.15, 0.2) is 31.0 Å². The van der Waals surface area contributed by atoms with E-state index in [0.717, 1.165) is 40.9 Å². The molecular weight excluding hydrogens is 300 g/mol. The number of likely N-dealkylation sites (tertiary alicyclic amines) is 1. The fourth-order valence-corrected chi connectivity index (χ4v) is 3.39. The highest BCUT2D eigenvalue weighted by atomic mass is 15.3. The van der Waals surface area contributed by atoms with Gasteiger partial charge >= 0.3 is 0 Å². The van der Waals surface area contributed by atoms with Gasteiger partial charge in [-0.15, -0.1) is 0 Å². The molecule has 4 heterocycles. The predicted molar refractivity (Wildman–Crippen MR) is 93.6 cm³/mol. The molecule has 3 aromatic heterocycles. The van der Waals surface area contributed by atoms with Crippen LogP contribution in [0.25, 0.3) is 22.3 Å². The first-order valence-corrected chi connectivity index (χ1v) is 8.62. The Morgan fingerprint density at radius 3 is 2.71 bits per heavy atom. The molecule has 6 heteroatoms. The SMILES string of the molecule is Cc1cncc(-c2ncnc3c2cnn3CCN2CCCCC2)c1. The van der Waals surface area contributed by atoms with Crippen LogP contribution < -0.4 is 0 Å². The number of aromatic nitrogens is 5. The summed E-state index contributed by atoms with van der Waals surface area (Å²) in [4.78, 5) is 15.7. The van der Waals surface area contributed by atoms with E-state index in [0.29, 0.717) is 0 Å². The highest BCUT2D eigenvalue weighted by Crippen LogP contribution is 2.25. The topological polar surface area (TPSA) is 59.7 Å². The summed E-state index contributed by atoms with van der Waals surface area (Å²) in [7, 11) is 0. The molecule has 1 aliphatic heterocycles. The minimum Gasteiger partial charge on any atom is -0.301 e. The molecule has 0 spiro atoms. The highest BCUT2D eigenvalue weighted by molar-refractivity contribution is 5.89. The summed E-state index contributed by atoms with van der Waals surface area (Å²) in [6, 6.07) is 2.10. The van der Waals surface area contributed by atoms with E-state index < -0.39 is 0 Å². The first-order valence-electron chi connectivity index (χ1n) is 8.62. The largest absolute Gasteiger partial charge is 0.301 e. The molecule has 0 bridgehead atoms. The van der Waals surface area contributed by atoms with Gasteiger partial charge in [0.05, 0.1) is 23.8 Å². The van der Waals surface area contributed by atoms with Crippen molar-refractivity contribution in [1.29, 1.82) is 0 Å². The van der Waals surface area contributed by atoms with Crippen LogP contribution in [0.4, 0.5) is 0 Å². The average Bonchev–Trinajstić information content (AvgIpc) is 3.04. The molecule has 6 nitrogen and oxygen atoms in total. The molecule has 24 heavy (non-hydrogen) atoms. The van der Waals surface area contributed by atoms with Gasteiger partial charge < -0.3 is 4.90 Å². The van der Waals surface area contributed by atoms with E-state index in [1.807, 2.05) is 30.2 Å². The van der Waals surface area contributed by atoms with Crippen molar-refractivity contribution in [1.82, 2.24) is 29.6 Å². The molecule has 0 unspecified atom stereocenters. The second kappa shape index (κ2) is 6.65. The van der Waals surface area contributed by atoms with Crippen molar-refractivity contribution < 1.29 is 0 Å². The lowest BCUT2D eigenvalue weighted by molar-refractivity contribution is 0.219. The van der Waals surface area contributed by atoms with Crippen LogP contribution in [-0.4, -0.2) is 49.3 Å². The third kappa shape index (κ3) is 3.01. The second-order valence-electron chi connectivity index (χ2n) is 6.48. The van der Waals surface area contributed by atoms with Gasteiger partial charge in [-0.05, 0) is 44.5 Å².